The third kappa shape index (κ3) is 3.07. The van der Waals surface area contributed by atoms with E-state index in [1.54, 1.807) is 6.92 Å². The number of carbonyl (C=O) groups is 1. The fourth-order valence-electron chi connectivity index (χ4n) is 1.77. The first-order valence-electron chi connectivity index (χ1n) is 5.57. The van der Waals surface area contributed by atoms with Crippen molar-refractivity contribution in [1.29, 1.82) is 0 Å². The van der Waals surface area contributed by atoms with Crippen molar-refractivity contribution in [2.45, 2.75) is 25.9 Å². The molecule has 0 N–H and O–H groups in total. The molecule has 1 aliphatic heterocycles. The number of hydrogen-bond acceptors (Lipinski definition) is 3. The molecular formula is C13H16O3. The second-order valence-corrected chi connectivity index (χ2v) is 4.13. The number of ketones is 1. The Bertz CT molecular complexity index is 350. The minimum Gasteiger partial charge on any atom is -0.488 e. The van der Waals surface area contributed by atoms with Crippen molar-refractivity contribution in [2.75, 3.05) is 13.2 Å². The summed E-state index contributed by atoms with van der Waals surface area (Å²) < 4.78 is 11.0. The lowest BCUT2D eigenvalue weighted by Crippen LogP contribution is -2.15. The smallest absolute Gasteiger partial charge is 0.134 e. The molecule has 1 aromatic rings. The predicted molar refractivity (Wildman–Crippen MR) is 60.7 cm³/mol. The Kier molecular flexibility index (Phi) is 3.57. The minimum absolute atomic E-state index is 0.179. The number of carbonyl (C=O) groups excluding carboxylic acids is 1. The molecule has 1 saturated heterocycles. The summed E-state index contributed by atoms with van der Waals surface area (Å²) in [7, 11) is 0. The van der Waals surface area contributed by atoms with Crippen molar-refractivity contribution in [1.82, 2.24) is 0 Å². The zero-order valence-corrected chi connectivity index (χ0v) is 9.44. The third-order valence-electron chi connectivity index (χ3n) is 2.57. The summed E-state index contributed by atoms with van der Waals surface area (Å²) in [4.78, 5) is 10.9. The first-order valence-corrected chi connectivity index (χ1v) is 5.57. The van der Waals surface area contributed by atoms with Crippen molar-refractivity contribution in [3.8, 4) is 5.75 Å². The number of ether oxygens (including phenoxy) is 2. The van der Waals surface area contributed by atoms with E-state index in [0.29, 0.717) is 13.0 Å². The van der Waals surface area contributed by atoms with Crippen molar-refractivity contribution in [3.63, 3.8) is 0 Å². The molecule has 86 valence electrons. The minimum atomic E-state index is 0.179. The molecule has 3 nitrogen and oxygen atoms in total. The molecule has 1 heterocycles. The van der Waals surface area contributed by atoms with Crippen LogP contribution in [-0.2, 0) is 16.0 Å². The second-order valence-electron chi connectivity index (χ2n) is 4.13. The zero-order valence-electron chi connectivity index (χ0n) is 9.44. The van der Waals surface area contributed by atoms with Crippen LogP contribution in [-0.4, -0.2) is 25.1 Å². The highest BCUT2D eigenvalue weighted by molar-refractivity contribution is 5.78. The molecule has 0 radical (unpaired) electrons. The van der Waals surface area contributed by atoms with Crippen LogP contribution < -0.4 is 4.74 Å². The molecule has 0 amide bonds. The molecular weight excluding hydrogens is 204 g/mol. The molecule has 1 unspecified atom stereocenters. The molecule has 1 aliphatic rings. The van der Waals surface area contributed by atoms with Gasteiger partial charge in [-0.15, -0.1) is 0 Å². The number of hydrogen-bond donors (Lipinski definition) is 0. The Balaban J connectivity index is 1.93. The number of benzene rings is 1. The van der Waals surface area contributed by atoms with Gasteiger partial charge in [0.2, 0.25) is 0 Å². The fourth-order valence-corrected chi connectivity index (χ4v) is 1.77. The summed E-state index contributed by atoms with van der Waals surface area (Å²) >= 11 is 0. The molecule has 1 fully saturated rings. The van der Waals surface area contributed by atoms with Crippen LogP contribution in [0, 0.1) is 0 Å². The van der Waals surface area contributed by atoms with E-state index in [2.05, 4.69) is 0 Å². The van der Waals surface area contributed by atoms with Crippen LogP contribution in [0.15, 0.2) is 24.3 Å². The van der Waals surface area contributed by atoms with Crippen LogP contribution in [0.5, 0.6) is 5.75 Å². The Morgan fingerprint density at radius 3 is 2.75 bits per heavy atom. The first-order chi connectivity index (χ1) is 7.74. The molecule has 3 heteroatoms. The molecule has 2 rings (SSSR count). The van der Waals surface area contributed by atoms with Crippen LogP contribution in [0.25, 0.3) is 0 Å². The SMILES string of the molecule is CC(=O)Cc1ccc(OC2CCOC2)cc1. The lowest BCUT2D eigenvalue weighted by molar-refractivity contribution is -0.116. The Morgan fingerprint density at radius 1 is 1.44 bits per heavy atom. The molecule has 1 aromatic carbocycles. The maximum absolute atomic E-state index is 10.9. The summed E-state index contributed by atoms with van der Waals surface area (Å²) in [6.45, 7) is 3.06. The van der Waals surface area contributed by atoms with E-state index in [1.165, 1.54) is 0 Å². The first kappa shape index (κ1) is 11.1. The Morgan fingerprint density at radius 2 is 2.19 bits per heavy atom. The van der Waals surface area contributed by atoms with Gasteiger partial charge in [0, 0.05) is 12.8 Å². The Labute approximate surface area is 95.4 Å². The van der Waals surface area contributed by atoms with Crippen LogP contribution >= 0.6 is 0 Å². The van der Waals surface area contributed by atoms with Gasteiger partial charge in [0.05, 0.1) is 13.2 Å². The van der Waals surface area contributed by atoms with E-state index in [-0.39, 0.29) is 11.9 Å². The summed E-state index contributed by atoms with van der Waals surface area (Å²) in [5.74, 6) is 1.03. The number of Topliss-reactive ketones (excluding diaryl/α,β-unsaturated/α-hetero) is 1. The van der Waals surface area contributed by atoms with Crippen LogP contribution in [0.3, 0.4) is 0 Å². The molecule has 1 atom stereocenters. The highest BCUT2D eigenvalue weighted by atomic mass is 16.5. The lowest BCUT2D eigenvalue weighted by atomic mass is 10.1. The average molecular weight is 220 g/mol. The standard InChI is InChI=1S/C13H16O3/c1-10(14)8-11-2-4-12(5-3-11)16-13-6-7-15-9-13/h2-5,13H,6-9H2,1H3. The maximum atomic E-state index is 10.9. The largest absolute Gasteiger partial charge is 0.488 e. The highest BCUT2D eigenvalue weighted by Crippen LogP contribution is 2.17. The lowest BCUT2D eigenvalue weighted by Gasteiger charge is -2.11. The molecule has 16 heavy (non-hydrogen) atoms. The van der Waals surface area contributed by atoms with Gasteiger partial charge in [0.15, 0.2) is 0 Å². The van der Waals surface area contributed by atoms with E-state index < -0.39 is 0 Å². The second kappa shape index (κ2) is 5.12. The van der Waals surface area contributed by atoms with E-state index in [0.717, 1.165) is 24.3 Å². The van der Waals surface area contributed by atoms with E-state index >= 15 is 0 Å². The molecule has 0 saturated carbocycles. The molecule has 0 spiro atoms. The number of rotatable bonds is 4. The van der Waals surface area contributed by atoms with Gasteiger partial charge in [0.1, 0.15) is 17.6 Å². The summed E-state index contributed by atoms with van der Waals surface area (Å²) in [5.41, 5.74) is 1.03. The van der Waals surface area contributed by atoms with Crippen molar-refractivity contribution >= 4 is 5.78 Å². The van der Waals surface area contributed by atoms with Crippen molar-refractivity contribution in [3.05, 3.63) is 29.8 Å². The van der Waals surface area contributed by atoms with Crippen molar-refractivity contribution < 1.29 is 14.3 Å². The van der Waals surface area contributed by atoms with E-state index in [4.69, 9.17) is 9.47 Å². The van der Waals surface area contributed by atoms with Gasteiger partial charge in [-0.3, -0.25) is 4.79 Å². The maximum Gasteiger partial charge on any atom is 0.134 e. The summed E-state index contributed by atoms with van der Waals surface area (Å²) in [5, 5.41) is 0. The van der Waals surface area contributed by atoms with Crippen LogP contribution in [0.4, 0.5) is 0 Å². The molecule has 0 bridgehead atoms. The molecule has 0 aromatic heterocycles. The predicted octanol–water partition coefficient (Wildman–Crippen LogP) is 1.99. The van der Waals surface area contributed by atoms with Gasteiger partial charge >= 0.3 is 0 Å². The van der Waals surface area contributed by atoms with Gasteiger partial charge < -0.3 is 9.47 Å². The van der Waals surface area contributed by atoms with Crippen molar-refractivity contribution in [2.24, 2.45) is 0 Å². The molecule has 0 aliphatic carbocycles. The quantitative estimate of drug-likeness (QED) is 0.778. The van der Waals surface area contributed by atoms with E-state index in [1.807, 2.05) is 24.3 Å². The fraction of sp³-hybridized carbons (Fsp3) is 0.462. The summed E-state index contributed by atoms with van der Waals surface area (Å²) in [6.07, 6.45) is 1.63. The average Bonchev–Trinajstić information content (AvgIpc) is 2.73. The topological polar surface area (TPSA) is 35.5 Å². The highest BCUT2D eigenvalue weighted by Gasteiger charge is 2.16. The monoisotopic (exact) mass is 220 g/mol. The van der Waals surface area contributed by atoms with Crippen LogP contribution in [0.1, 0.15) is 18.9 Å². The van der Waals surface area contributed by atoms with Gasteiger partial charge in [-0.2, -0.15) is 0 Å². The Hall–Kier alpha value is -1.35. The normalized spacial score (nSPS) is 19.7. The zero-order chi connectivity index (χ0) is 11.4. The third-order valence-corrected chi connectivity index (χ3v) is 2.57. The van der Waals surface area contributed by atoms with Crippen LogP contribution in [0.2, 0.25) is 0 Å². The van der Waals surface area contributed by atoms with Gasteiger partial charge in [-0.05, 0) is 24.6 Å². The van der Waals surface area contributed by atoms with Gasteiger partial charge in [-0.1, -0.05) is 12.1 Å². The summed E-state index contributed by atoms with van der Waals surface area (Å²) in [6, 6.07) is 7.70. The van der Waals surface area contributed by atoms with Gasteiger partial charge in [-0.25, -0.2) is 0 Å². The van der Waals surface area contributed by atoms with Gasteiger partial charge in [0.25, 0.3) is 0 Å². The van der Waals surface area contributed by atoms with E-state index in [9.17, 15) is 4.79 Å².